The third kappa shape index (κ3) is 5.30. The van der Waals surface area contributed by atoms with Crippen molar-refractivity contribution in [3.8, 4) is 0 Å². The molecule has 0 aliphatic heterocycles. The number of halogens is 3. The molecule has 0 spiro atoms. The van der Waals surface area contributed by atoms with Gasteiger partial charge in [-0.05, 0) is 26.0 Å². The number of hydrogen-bond donors (Lipinski definition) is 1. The standard InChI is InChI=1S/C12H14Cl3NO4S/c1-3-20-7(2)6-16-12(17)9-4-8(21(15,18)19)5-10(13)11(9)14/h4-5,7H,3,6H2,1-2H3,(H,16,17). The van der Waals surface area contributed by atoms with E-state index >= 15 is 0 Å². The van der Waals surface area contributed by atoms with Gasteiger partial charge in [0.1, 0.15) is 0 Å². The molecule has 0 heterocycles. The number of benzene rings is 1. The van der Waals surface area contributed by atoms with Gasteiger partial charge < -0.3 is 10.1 Å². The van der Waals surface area contributed by atoms with Gasteiger partial charge >= 0.3 is 0 Å². The van der Waals surface area contributed by atoms with E-state index in [0.717, 1.165) is 12.1 Å². The van der Waals surface area contributed by atoms with Crippen molar-refractivity contribution in [3.05, 3.63) is 27.7 Å². The van der Waals surface area contributed by atoms with Gasteiger partial charge in [0.05, 0.1) is 26.6 Å². The van der Waals surface area contributed by atoms with E-state index in [9.17, 15) is 13.2 Å². The molecule has 21 heavy (non-hydrogen) atoms. The highest BCUT2D eigenvalue weighted by Gasteiger charge is 2.20. The Bertz CT molecular complexity index is 634. The minimum absolute atomic E-state index is 0.0395. The van der Waals surface area contributed by atoms with Crippen LogP contribution in [0.3, 0.4) is 0 Å². The maximum absolute atomic E-state index is 12.1. The number of carbonyl (C=O) groups is 1. The molecular formula is C12H14Cl3NO4S. The first-order valence-electron chi connectivity index (χ1n) is 6.00. The van der Waals surface area contributed by atoms with E-state index in [-0.39, 0.29) is 33.2 Å². The summed E-state index contributed by atoms with van der Waals surface area (Å²) in [5.41, 5.74) is -0.0629. The van der Waals surface area contributed by atoms with Crippen molar-refractivity contribution in [3.63, 3.8) is 0 Å². The SMILES string of the molecule is CCOC(C)CNC(=O)c1cc(S(=O)(=O)Cl)cc(Cl)c1Cl. The summed E-state index contributed by atoms with van der Waals surface area (Å²) in [6.07, 6.45) is -0.187. The van der Waals surface area contributed by atoms with Gasteiger partial charge in [0.2, 0.25) is 0 Å². The van der Waals surface area contributed by atoms with Gasteiger partial charge in [0.15, 0.2) is 0 Å². The van der Waals surface area contributed by atoms with E-state index in [0.29, 0.717) is 6.61 Å². The van der Waals surface area contributed by atoms with Gasteiger partial charge in [-0.2, -0.15) is 0 Å². The summed E-state index contributed by atoms with van der Waals surface area (Å²) in [5.74, 6) is -0.560. The second-order valence-corrected chi connectivity index (χ2v) is 7.53. The Hall–Kier alpha value is -0.530. The summed E-state index contributed by atoms with van der Waals surface area (Å²) < 4.78 is 27.9. The van der Waals surface area contributed by atoms with Crippen LogP contribution in [0.1, 0.15) is 24.2 Å². The second-order valence-electron chi connectivity index (χ2n) is 4.18. The van der Waals surface area contributed by atoms with Crippen LogP contribution in [0, 0.1) is 0 Å². The van der Waals surface area contributed by atoms with Crippen LogP contribution in [-0.2, 0) is 13.8 Å². The monoisotopic (exact) mass is 373 g/mol. The molecule has 9 heteroatoms. The number of amides is 1. The average Bonchev–Trinajstić information content (AvgIpc) is 2.38. The first-order chi connectivity index (χ1) is 9.66. The fraction of sp³-hybridized carbons (Fsp3) is 0.417. The third-order valence-electron chi connectivity index (χ3n) is 2.53. The largest absolute Gasteiger partial charge is 0.377 e. The van der Waals surface area contributed by atoms with Crippen LogP contribution in [0.25, 0.3) is 0 Å². The lowest BCUT2D eigenvalue weighted by Crippen LogP contribution is -2.32. The number of carbonyl (C=O) groups excluding carboxylic acids is 1. The summed E-state index contributed by atoms with van der Waals surface area (Å²) in [5, 5.41) is 2.48. The first-order valence-corrected chi connectivity index (χ1v) is 9.06. The van der Waals surface area contributed by atoms with Crippen LogP contribution < -0.4 is 5.32 Å². The molecule has 5 nitrogen and oxygen atoms in total. The average molecular weight is 375 g/mol. The predicted molar refractivity (Wildman–Crippen MR) is 82.9 cm³/mol. The lowest BCUT2D eigenvalue weighted by Gasteiger charge is -2.13. The third-order valence-corrected chi connectivity index (χ3v) is 4.66. The van der Waals surface area contributed by atoms with Gasteiger partial charge in [-0.1, -0.05) is 23.2 Å². The van der Waals surface area contributed by atoms with Gasteiger partial charge in [-0.25, -0.2) is 8.42 Å². The predicted octanol–water partition coefficient (Wildman–Crippen LogP) is 3.08. The molecule has 0 aliphatic rings. The van der Waals surface area contributed by atoms with Crippen LogP contribution in [0.2, 0.25) is 10.0 Å². The maximum atomic E-state index is 12.1. The number of nitrogens with one attached hydrogen (secondary N) is 1. The van der Waals surface area contributed by atoms with Crippen LogP contribution in [-0.4, -0.2) is 33.6 Å². The number of hydrogen-bond acceptors (Lipinski definition) is 4. The van der Waals surface area contributed by atoms with Crippen molar-refractivity contribution < 1.29 is 17.9 Å². The Morgan fingerprint density at radius 3 is 2.52 bits per heavy atom. The minimum atomic E-state index is -4.01. The molecule has 0 aliphatic carbocycles. The molecule has 1 atom stereocenters. The topological polar surface area (TPSA) is 72.5 Å². The van der Waals surface area contributed by atoms with Crippen LogP contribution in [0.5, 0.6) is 0 Å². The summed E-state index contributed by atoms with van der Waals surface area (Å²) >= 11 is 11.7. The molecule has 0 bridgehead atoms. The summed E-state index contributed by atoms with van der Waals surface area (Å²) in [6.45, 7) is 4.39. The van der Waals surface area contributed by atoms with Gasteiger partial charge in [0.25, 0.3) is 15.0 Å². The molecule has 1 aromatic carbocycles. The highest BCUT2D eigenvalue weighted by atomic mass is 35.7. The van der Waals surface area contributed by atoms with Crippen molar-refractivity contribution in [1.82, 2.24) is 5.32 Å². The molecule has 0 saturated heterocycles. The van der Waals surface area contributed by atoms with Crippen molar-refractivity contribution in [2.45, 2.75) is 24.8 Å². The second kappa shape index (κ2) is 7.65. The highest BCUT2D eigenvalue weighted by Crippen LogP contribution is 2.30. The van der Waals surface area contributed by atoms with E-state index in [1.807, 2.05) is 6.92 Å². The van der Waals surface area contributed by atoms with E-state index in [1.54, 1.807) is 6.92 Å². The molecular weight excluding hydrogens is 361 g/mol. The Kier molecular flexibility index (Phi) is 6.74. The van der Waals surface area contributed by atoms with Crippen molar-refractivity contribution in [2.75, 3.05) is 13.2 Å². The normalized spacial score (nSPS) is 13.0. The first kappa shape index (κ1) is 18.5. The number of rotatable bonds is 6. The van der Waals surface area contributed by atoms with E-state index in [4.69, 9.17) is 38.6 Å². The zero-order chi connectivity index (χ0) is 16.2. The van der Waals surface area contributed by atoms with E-state index in [2.05, 4.69) is 5.32 Å². The lowest BCUT2D eigenvalue weighted by molar-refractivity contribution is 0.0695. The van der Waals surface area contributed by atoms with Crippen molar-refractivity contribution >= 4 is 48.8 Å². The van der Waals surface area contributed by atoms with Crippen molar-refractivity contribution in [1.29, 1.82) is 0 Å². The van der Waals surface area contributed by atoms with Crippen LogP contribution in [0.15, 0.2) is 17.0 Å². The molecule has 1 unspecified atom stereocenters. The minimum Gasteiger partial charge on any atom is -0.377 e. The van der Waals surface area contributed by atoms with Crippen molar-refractivity contribution in [2.24, 2.45) is 0 Å². The fourth-order valence-corrected chi connectivity index (χ4v) is 2.81. The highest BCUT2D eigenvalue weighted by molar-refractivity contribution is 8.13. The molecule has 1 rings (SSSR count). The Labute approximate surface area is 137 Å². The molecule has 0 aromatic heterocycles. The molecule has 118 valence electrons. The van der Waals surface area contributed by atoms with Crippen LogP contribution in [0.4, 0.5) is 0 Å². The smallest absolute Gasteiger partial charge is 0.261 e. The maximum Gasteiger partial charge on any atom is 0.261 e. The molecule has 1 aromatic rings. The van der Waals surface area contributed by atoms with Gasteiger partial charge in [-0.15, -0.1) is 0 Å². The van der Waals surface area contributed by atoms with Crippen LogP contribution >= 0.6 is 33.9 Å². The van der Waals surface area contributed by atoms with E-state index < -0.39 is 15.0 Å². The molecule has 0 fully saturated rings. The lowest BCUT2D eigenvalue weighted by atomic mass is 10.2. The fourth-order valence-electron chi connectivity index (χ4n) is 1.55. The summed E-state index contributed by atoms with van der Waals surface area (Å²) in [4.78, 5) is 11.8. The summed E-state index contributed by atoms with van der Waals surface area (Å²) in [6, 6.07) is 2.17. The zero-order valence-electron chi connectivity index (χ0n) is 11.3. The quantitative estimate of drug-likeness (QED) is 0.777. The molecule has 1 N–H and O–H groups in total. The van der Waals surface area contributed by atoms with Gasteiger partial charge in [0, 0.05) is 23.8 Å². The number of ether oxygens (including phenoxy) is 1. The van der Waals surface area contributed by atoms with Gasteiger partial charge in [-0.3, -0.25) is 4.79 Å². The molecule has 0 saturated carbocycles. The Balaban J connectivity index is 3.01. The zero-order valence-corrected chi connectivity index (χ0v) is 14.4. The Morgan fingerprint density at radius 1 is 1.38 bits per heavy atom. The Morgan fingerprint density at radius 2 is 2.00 bits per heavy atom. The molecule has 1 amide bonds. The molecule has 0 radical (unpaired) electrons. The van der Waals surface area contributed by atoms with E-state index in [1.165, 1.54) is 0 Å². The summed E-state index contributed by atoms with van der Waals surface area (Å²) in [7, 11) is 1.23.